The van der Waals surface area contributed by atoms with Crippen LogP contribution >= 0.6 is 11.6 Å². The van der Waals surface area contributed by atoms with Crippen molar-refractivity contribution in [2.45, 2.75) is 24.8 Å². The minimum Gasteiger partial charge on any atom is -0.279 e. The van der Waals surface area contributed by atoms with Crippen LogP contribution in [0, 0.1) is 12.7 Å². The average molecular weight is 356 g/mol. The molecule has 7 heteroatoms. The fourth-order valence-electron chi connectivity index (χ4n) is 2.17. The lowest BCUT2D eigenvalue weighted by Crippen LogP contribution is -2.42. The first-order valence-corrected chi connectivity index (χ1v) is 8.62. The Kier molecular flexibility index (Phi) is 5.06. The molecule has 0 N–H and O–H groups in total. The van der Waals surface area contributed by atoms with Gasteiger partial charge < -0.3 is 0 Å². The number of halogens is 2. The van der Waals surface area contributed by atoms with Crippen molar-refractivity contribution in [1.29, 1.82) is 0 Å². The molecule has 0 aliphatic heterocycles. The van der Waals surface area contributed by atoms with E-state index in [0.29, 0.717) is 11.3 Å². The van der Waals surface area contributed by atoms with Crippen LogP contribution in [-0.2, 0) is 14.8 Å². The number of benzene rings is 2. The zero-order valence-corrected chi connectivity index (χ0v) is 14.1. The number of carbonyl (C=O) groups is 1. The number of para-hydroxylation sites is 1. The first-order chi connectivity index (χ1) is 10.7. The van der Waals surface area contributed by atoms with E-state index in [1.54, 1.807) is 31.2 Å². The predicted molar refractivity (Wildman–Crippen MR) is 87.6 cm³/mol. The van der Waals surface area contributed by atoms with Gasteiger partial charge in [0, 0.05) is 0 Å². The van der Waals surface area contributed by atoms with E-state index >= 15 is 0 Å². The third-order valence-corrected chi connectivity index (χ3v) is 5.62. The highest BCUT2D eigenvalue weighted by molar-refractivity contribution is 7.93. The SMILES string of the molecule is Cc1ccccc1N(C(C)C(=O)Cl)S(=O)(=O)c1ccc(F)cc1. The van der Waals surface area contributed by atoms with Gasteiger partial charge in [0.25, 0.3) is 10.0 Å². The van der Waals surface area contributed by atoms with E-state index in [4.69, 9.17) is 11.6 Å². The molecule has 2 rings (SSSR count). The first kappa shape index (κ1) is 17.4. The Morgan fingerprint density at radius 2 is 1.70 bits per heavy atom. The molecule has 0 heterocycles. The molecule has 122 valence electrons. The molecule has 0 fully saturated rings. The predicted octanol–water partition coefficient (Wildman–Crippen LogP) is 3.48. The van der Waals surface area contributed by atoms with Gasteiger partial charge in [0.15, 0.2) is 0 Å². The molecule has 1 unspecified atom stereocenters. The molecular formula is C16H15ClFNO3S. The minimum atomic E-state index is -4.08. The summed E-state index contributed by atoms with van der Waals surface area (Å²) >= 11 is 5.54. The number of sulfonamides is 1. The van der Waals surface area contributed by atoms with Crippen molar-refractivity contribution in [2.24, 2.45) is 0 Å². The highest BCUT2D eigenvalue weighted by atomic mass is 35.5. The number of carbonyl (C=O) groups excluding carboxylic acids is 1. The Labute approximate surface area is 139 Å². The van der Waals surface area contributed by atoms with Gasteiger partial charge in [-0.05, 0) is 61.3 Å². The van der Waals surface area contributed by atoms with Crippen LogP contribution in [0.15, 0.2) is 53.4 Å². The lowest BCUT2D eigenvalue weighted by atomic mass is 10.2. The van der Waals surface area contributed by atoms with Gasteiger partial charge in [0.2, 0.25) is 5.24 Å². The first-order valence-electron chi connectivity index (χ1n) is 6.80. The molecule has 0 aromatic heterocycles. The summed E-state index contributed by atoms with van der Waals surface area (Å²) in [6.45, 7) is 3.14. The van der Waals surface area contributed by atoms with Gasteiger partial charge in [-0.3, -0.25) is 9.10 Å². The van der Waals surface area contributed by atoms with Gasteiger partial charge in [-0.2, -0.15) is 0 Å². The average Bonchev–Trinajstić information content (AvgIpc) is 2.49. The van der Waals surface area contributed by atoms with Crippen molar-refractivity contribution in [3.8, 4) is 0 Å². The van der Waals surface area contributed by atoms with Gasteiger partial charge in [0.1, 0.15) is 11.9 Å². The molecule has 0 aliphatic rings. The van der Waals surface area contributed by atoms with Gasteiger partial charge in [-0.15, -0.1) is 0 Å². The molecule has 0 saturated heterocycles. The van der Waals surface area contributed by atoms with Gasteiger partial charge in [0.05, 0.1) is 10.6 Å². The van der Waals surface area contributed by atoms with Gasteiger partial charge >= 0.3 is 0 Å². The lowest BCUT2D eigenvalue weighted by Gasteiger charge is -2.29. The van der Waals surface area contributed by atoms with Crippen molar-refractivity contribution in [2.75, 3.05) is 4.31 Å². The van der Waals surface area contributed by atoms with Crippen LogP contribution in [0.1, 0.15) is 12.5 Å². The fraction of sp³-hybridized carbons (Fsp3) is 0.188. The summed E-state index contributed by atoms with van der Waals surface area (Å²) in [5.74, 6) is -0.548. The third-order valence-electron chi connectivity index (χ3n) is 3.40. The number of nitrogens with zero attached hydrogens (tertiary/aromatic N) is 1. The standard InChI is InChI=1S/C16H15ClFNO3S/c1-11-5-3-4-6-15(11)19(12(2)16(17)20)23(21,22)14-9-7-13(18)8-10-14/h3-10,12H,1-2H3. The molecule has 0 spiro atoms. The number of hydrogen-bond donors (Lipinski definition) is 0. The molecule has 0 amide bonds. The third kappa shape index (κ3) is 3.54. The van der Waals surface area contributed by atoms with Crippen molar-refractivity contribution < 1.29 is 17.6 Å². The summed E-state index contributed by atoms with van der Waals surface area (Å²) in [5.41, 5.74) is 1.02. The zero-order valence-electron chi connectivity index (χ0n) is 12.5. The Hall–Kier alpha value is -1.92. The molecule has 0 bridgehead atoms. The van der Waals surface area contributed by atoms with E-state index in [1.807, 2.05) is 0 Å². The summed E-state index contributed by atoms with van der Waals surface area (Å²) in [6.07, 6.45) is 0. The second-order valence-corrected chi connectivity index (χ2v) is 7.21. The zero-order chi connectivity index (χ0) is 17.2. The number of hydrogen-bond acceptors (Lipinski definition) is 3. The molecule has 4 nitrogen and oxygen atoms in total. The van der Waals surface area contributed by atoms with E-state index < -0.39 is 27.1 Å². The molecule has 0 radical (unpaired) electrons. The van der Waals surface area contributed by atoms with Crippen LogP contribution in [0.3, 0.4) is 0 Å². The van der Waals surface area contributed by atoms with Crippen LogP contribution in [0.5, 0.6) is 0 Å². The second-order valence-electron chi connectivity index (χ2n) is 5.02. The summed E-state index contributed by atoms with van der Waals surface area (Å²) in [5, 5.41) is -0.807. The van der Waals surface area contributed by atoms with Crippen LogP contribution in [0.4, 0.5) is 10.1 Å². The van der Waals surface area contributed by atoms with E-state index in [2.05, 4.69) is 0 Å². The lowest BCUT2D eigenvalue weighted by molar-refractivity contribution is -0.112. The van der Waals surface area contributed by atoms with Crippen LogP contribution in [-0.4, -0.2) is 19.7 Å². The van der Waals surface area contributed by atoms with E-state index in [9.17, 15) is 17.6 Å². The molecule has 23 heavy (non-hydrogen) atoms. The van der Waals surface area contributed by atoms with Crippen molar-refractivity contribution >= 4 is 32.6 Å². The Morgan fingerprint density at radius 1 is 1.13 bits per heavy atom. The van der Waals surface area contributed by atoms with Crippen LogP contribution in [0.25, 0.3) is 0 Å². The number of anilines is 1. The van der Waals surface area contributed by atoms with Crippen LogP contribution < -0.4 is 4.31 Å². The maximum Gasteiger partial charge on any atom is 0.265 e. The quantitative estimate of drug-likeness (QED) is 0.771. The Balaban J connectivity index is 2.64. The van der Waals surface area contributed by atoms with Crippen molar-refractivity contribution in [3.63, 3.8) is 0 Å². The topological polar surface area (TPSA) is 54.5 Å². The molecular weight excluding hydrogens is 341 g/mol. The second kappa shape index (κ2) is 6.68. The number of aryl methyl sites for hydroxylation is 1. The Morgan fingerprint density at radius 3 is 2.22 bits per heavy atom. The summed E-state index contributed by atoms with van der Waals surface area (Å²) < 4.78 is 39.9. The van der Waals surface area contributed by atoms with Crippen LogP contribution in [0.2, 0.25) is 0 Å². The maximum absolute atomic E-state index is 13.1. The normalized spacial score (nSPS) is 12.7. The molecule has 1 atom stereocenters. The number of rotatable bonds is 5. The smallest absolute Gasteiger partial charge is 0.265 e. The summed E-state index contributed by atoms with van der Waals surface area (Å²) in [4.78, 5) is 11.5. The maximum atomic E-state index is 13.1. The van der Waals surface area contributed by atoms with Crippen molar-refractivity contribution in [3.05, 3.63) is 59.9 Å². The minimum absolute atomic E-state index is 0.119. The highest BCUT2D eigenvalue weighted by Gasteiger charge is 2.33. The Bertz CT molecular complexity index is 821. The molecule has 2 aromatic rings. The largest absolute Gasteiger partial charge is 0.279 e. The summed E-state index contributed by atoms with van der Waals surface area (Å²) in [7, 11) is -4.08. The fourth-order valence-corrected chi connectivity index (χ4v) is 4.01. The van der Waals surface area contributed by atoms with Gasteiger partial charge in [-0.25, -0.2) is 12.8 Å². The highest BCUT2D eigenvalue weighted by Crippen LogP contribution is 2.29. The monoisotopic (exact) mass is 355 g/mol. The molecule has 2 aromatic carbocycles. The van der Waals surface area contributed by atoms with Crippen molar-refractivity contribution in [1.82, 2.24) is 0 Å². The van der Waals surface area contributed by atoms with Gasteiger partial charge in [-0.1, -0.05) is 18.2 Å². The summed E-state index contributed by atoms with van der Waals surface area (Å²) in [6, 6.07) is 10.1. The molecule has 0 aliphatic carbocycles. The van der Waals surface area contributed by atoms with E-state index in [0.717, 1.165) is 28.6 Å². The van der Waals surface area contributed by atoms with E-state index in [-0.39, 0.29) is 4.90 Å². The van der Waals surface area contributed by atoms with E-state index in [1.165, 1.54) is 6.92 Å². The molecule has 0 saturated carbocycles.